The van der Waals surface area contributed by atoms with Gasteiger partial charge >= 0.3 is 0 Å². The van der Waals surface area contributed by atoms with Gasteiger partial charge in [0.1, 0.15) is 12.1 Å². The van der Waals surface area contributed by atoms with E-state index in [1.165, 1.54) is 38.1 Å². The summed E-state index contributed by atoms with van der Waals surface area (Å²) in [7, 11) is 1.61. The van der Waals surface area contributed by atoms with Crippen LogP contribution >= 0.6 is 11.6 Å². The molecule has 10 heteroatoms. The molecule has 1 amide bonds. The van der Waals surface area contributed by atoms with Crippen LogP contribution in [0.3, 0.4) is 0 Å². The second kappa shape index (κ2) is 17.7. The predicted octanol–water partition coefficient (Wildman–Crippen LogP) is 7.52. The number of nitrogens with zero attached hydrogens (tertiary/aromatic N) is 3. The van der Waals surface area contributed by atoms with Gasteiger partial charge in [0.25, 0.3) is 0 Å². The lowest BCUT2D eigenvalue weighted by atomic mass is 9.98. The van der Waals surface area contributed by atoms with Crippen molar-refractivity contribution in [3.8, 4) is 11.5 Å². The van der Waals surface area contributed by atoms with E-state index in [-0.39, 0.29) is 22.7 Å². The summed E-state index contributed by atoms with van der Waals surface area (Å²) >= 11 is 5.89. The van der Waals surface area contributed by atoms with E-state index in [0.29, 0.717) is 34.8 Å². The van der Waals surface area contributed by atoms with Crippen molar-refractivity contribution in [2.75, 3.05) is 38.6 Å². The highest BCUT2D eigenvalue weighted by molar-refractivity contribution is 6.31. The number of anilines is 2. The Morgan fingerprint density at radius 2 is 1.88 bits per heavy atom. The third-order valence-corrected chi connectivity index (χ3v) is 7.23. The Morgan fingerprint density at radius 3 is 2.57 bits per heavy atom. The largest absolute Gasteiger partial charge is 0.493 e. The molecule has 230 valence electrons. The monoisotopic (exact) mass is 601 g/mol. The maximum Gasteiger partial charge on any atom is 0.236 e. The van der Waals surface area contributed by atoms with Crippen LogP contribution in [0.1, 0.15) is 72.1 Å². The van der Waals surface area contributed by atoms with E-state index in [1.807, 2.05) is 17.0 Å². The van der Waals surface area contributed by atoms with Gasteiger partial charge in [-0.1, -0.05) is 57.7 Å². The van der Waals surface area contributed by atoms with Crippen molar-refractivity contribution in [2.24, 2.45) is 0 Å². The van der Waals surface area contributed by atoms with E-state index in [4.69, 9.17) is 21.1 Å². The van der Waals surface area contributed by atoms with Gasteiger partial charge in [0.15, 0.2) is 17.3 Å². The quantitative estimate of drug-likeness (QED) is 0.276. The summed E-state index contributed by atoms with van der Waals surface area (Å²) < 4.78 is 26.0. The van der Waals surface area contributed by atoms with Gasteiger partial charge in [-0.05, 0) is 50.3 Å². The molecule has 3 aromatic rings. The first-order valence-corrected chi connectivity index (χ1v) is 15.5. The molecule has 2 N–H and O–H groups in total. The van der Waals surface area contributed by atoms with Crippen LogP contribution < -0.4 is 20.1 Å². The molecule has 42 heavy (non-hydrogen) atoms. The van der Waals surface area contributed by atoms with Crippen molar-refractivity contribution in [3.63, 3.8) is 0 Å². The lowest BCUT2D eigenvalue weighted by molar-refractivity contribution is -0.131. The van der Waals surface area contributed by atoms with Crippen molar-refractivity contribution < 1.29 is 18.7 Å². The zero-order chi connectivity index (χ0) is 30.3. The number of piperazine rings is 1. The molecular weight excluding hydrogens is 557 g/mol. The van der Waals surface area contributed by atoms with Gasteiger partial charge in [-0.25, -0.2) is 14.4 Å². The molecule has 1 saturated carbocycles. The summed E-state index contributed by atoms with van der Waals surface area (Å²) in [4.78, 5) is 21.7. The number of ether oxygens (including phenoxy) is 2. The minimum atomic E-state index is -0.525. The Labute approximate surface area is 254 Å². The zero-order valence-corrected chi connectivity index (χ0v) is 26.1. The van der Waals surface area contributed by atoms with Crippen molar-refractivity contribution in [2.45, 2.75) is 78.2 Å². The van der Waals surface area contributed by atoms with Crippen LogP contribution in [0, 0.1) is 5.82 Å². The number of carbonyl (C=O) groups excluding carboxylic acids is 1. The van der Waals surface area contributed by atoms with Crippen LogP contribution in [0.15, 0.2) is 36.7 Å². The Balaban J connectivity index is 0.000000288. The number of aromatic nitrogens is 2. The molecule has 0 atom stereocenters. The van der Waals surface area contributed by atoms with Gasteiger partial charge in [0, 0.05) is 31.1 Å². The number of hydrogen-bond acceptors (Lipinski definition) is 7. The molecule has 1 saturated heterocycles. The van der Waals surface area contributed by atoms with Crippen LogP contribution in [0.25, 0.3) is 10.9 Å². The van der Waals surface area contributed by atoms with E-state index in [2.05, 4.69) is 41.4 Å². The SMILES string of the molecule is CCC.CCCCN1CCNCC1=O.COc1cc2ncnc(Nc3cccc(Cl)c3F)c2cc1OC1CCCCC1. The molecule has 0 spiro atoms. The fourth-order valence-corrected chi connectivity index (χ4v) is 4.91. The van der Waals surface area contributed by atoms with Crippen molar-refractivity contribution in [1.29, 1.82) is 0 Å². The third kappa shape index (κ3) is 9.70. The highest BCUT2D eigenvalue weighted by atomic mass is 35.5. The summed E-state index contributed by atoms with van der Waals surface area (Å²) in [6, 6.07) is 8.46. The molecular formula is C32H45ClFN5O3. The summed E-state index contributed by atoms with van der Waals surface area (Å²) in [5.41, 5.74) is 0.922. The third-order valence-electron chi connectivity index (χ3n) is 6.94. The zero-order valence-electron chi connectivity index (χ0n) is 25.3. The number of nitrogens with one attached hydrogen (secondary N) is 2. The summed E-state index contributed by atoms with van der Waals surface area (Å²) in [5.74, 6) is 1.47. The number of carbonyl (C=O) groups is 1. The number of rotatable bonds is 8. The fraction of sp³-hybridized carbons (Fsp3) is 0.531. The molecule has 2 aliphatic rings. The lowest BCUT2D eigenvalue weighted by Gasteiger charge is -2.27. The van der Waals surface area contributed by atoms with Gasteiger partial charge in [0.05, 0.1) is 36.0 Å². The molecule has 2 fully saturated rings. The molecule has 1 aliphatic heterocycles. The Kier molecular flexibility index (Phi) is 14.1. The Morgan fingerprint density at radius 1 is 1.12 bits per heavy atom. The molecule has 0 unspecified atom stereocenters. The molecule has 2 aromatic carbocycles. The fourth-order valence-electron chi connectivity index (χ4n) is 4.74. The van der Waals surface area contributed by atoms with E-state index in [0.717, 1.165) is 45.3 Å². The van der Waals surface area contributed by atoms with Crippen LogP contribution in [-0.2, 0) is 4.79 Å². The van der Waals surface area contributed by atoms with Crippen LogP contribution in [0.2, 0.25) is 5.02 Å². The van der Waals surface area contributed by atoms with Crippen molar-refractivity contribution >= 4 is 39.9 Å². The van der Waals surface area contributed by atoms with Gasteiger partial charge in [-0.15, -0.1) is 0 Å². The number of unbranched alkanes of at least 4 members (excludes halogenated alkanes) is 1. The van der Waals surface area contributed by atoms with Gasteiger partial charge in [-0.2, -0.15) is 0 Å². The van der Waals surface area contributed by atoms with Crippen LogP contribution in [-0.4, -0.2) is 60.2 Å². The molecule has 8 nitrogen and oxygen atoms in total. The van der Waals surface area contributed by atoms with Crippen molar-refractivity contribution in [3.05, 3.63) is 47.5 Å². The number of fused-ring (bicyclic) bond motifs is 1. The van der Waals surface area contributed by atoms with Gasteiger partial charge in [-0.3, -0.25) is 4.79 Å². The first kappa shape index (κ1) is 33.3. The first-order valence-electron chi connectivity index (χ1n) is 15.1. The highest BCUT2D eigenvalue weighted by Gasteiger charge is 2.19. The maximum absolute atomic E-state index is 14.3. The topological polar surface area (TPSA) is 88.6 Å². The number of amides is 1. The first-order chi connectivity index (χ1) is 20.4. The standard InChI is InChI=1S/C21H21ClFN3O2.C8H16N2O.C3H8/c1-27-18-11-17-14(10-19(18)28-13-6-3-2-4-7-13)21(25-12-24-17)26-16-9-5-8-15(22)20(16)23;1-2-3-5-10-6-4-9-7-8(10)11;1-3-2/h5,8-13H,2-4,6-7H2,1H3,(H,24,25,26);9H,2-7H2,1H3;3H2,1-2H3. The molecule has 2 heterocycles. The molecule has 1 aromatic heterocycles. The summed E-state index contributed by atoms with van der Waals surface area (Å²) in [5, 5.41) is 6.83. The van der Waals surface area contributed by atoms with Crippen LogP contribution in [0.4, 0.5) is 15.9 Å². The number of methoxy groups -OCH3 is 1. The lowest BCUT2D eigenvalue weighted by Crippen LogP contribution is -2.48. The van der Waals surface area contributed by atoms with E-state index >= 15 is 0 Å². The van der Waals surface area contributed by atoms with E-state index < -0.39 is 5.82 Å². The van der Waals surface area contributed by atoms with Crippen LogP contribution in [0.5, 0.6) is 11.5 Å². The number of benzene rings is 2. The Hall–Kier alpha value is -3.17. The minimum absolute atomic E-state index is 0.0475. The minimum Gasteiger partial charge on any atom is -0.493 e. The predicted molar refractivity (Wildman–Crippen MR) is 169 cm³/mol. The normalized spacial score (nSPS) is 15.3. The molecule has 5 rings (SSSR count). The Bertz CT molecular complexity index is 1270. The van der Waals surface area contributed by atoms with E-state index in [1.54, 1.807) is 19.2 Å². The summed E-state index contributed by atoms with van der Waals surface area (Å²) in [6.45, 7) is 9.71. The van der Waals surface area contributed by atoms with Gasteiger partial charge in [0.2, 0.25) is 5.91 Å². The van der Waals surface area contributed by atoms with E-state index in [9.17, 15) is 9.18 Å². The highest BCUT2D eigenvalue weighted by Crippen LogP contribution is 2.37. The molecule has 0 radical (unpaired) electrons. The number of hydrogen-bond donors (Lipinski definition) is 2. The second-order valence-corrected chi connectivity index (χ2v) is 10.9. The average Bonchev–Trinajstić information content (AvgIpc) is 3.00. The summed E-state index contributed by atoms with van der Waals surface area (Å²) in [6.07, 6.45) is 10.8. The molecule has 1 aliphatic carbocycles. The average molecular weight is 602 g/mol. The maximum atomic E-state index is 14.3. The van der Waals surface area contributed by atoms with Crippen molar-refractivity contribution in [1.82, 2.24) is 20.2 Å². The van der Waals surface area contributed by atoms with Gasteiger partial charge < -0.3 is 25.0 Å². The second-order valence-electron chi connectivity index (χ2n) is 10.5. The number of halogens is 2. The smallest absolute Gasteiger partial charge is 0.236 e. The molecule has 0 bridgehead atoms.